The minimum Gasteiger partial charge on any atom is -0.316 e. The third kappa shape index (κ3) is 2.10. The van der Waals surface area contributed by atoms with E-state index in [1.54, 1.807) is 0 Å². The molecule has 1 N–H and O–H groups in total. The molecule has 1 heterocycles. The van der Waals surface area contributed by atoms with Gasteiger partial charge in [-0.05, 0) is 55.5 Å². The van der Waals surface area contributed by atoms with Crippen LogP contribution in [0.15, 0.2) is 18.2 Å². The van der Waals surface area contributed by atoms with Crippen molar-refractivity contribution in [2.45, 2.75) is 25.7 Å². The molecule has 1 fully saturated rings. The topological polar surface area (TPSA) is 12.0 Å². The second-order valence-electron chi connectivity index (χ2n) is 4.04. The van der Waals surface area contributed by atoms with Crippen LogP contribution in [0.1, 0.15) is 29.9 Å². The minimum atomic E-state index is 0.681. The second-order valence-corrected chi connectivity index (χ2v) is 4.48. The molecule has 76 valence electrons. The Morgan fingerprint density at radius 3 is 2.93 bits per heavy atom. The van der Waals surface area contributed by atoms with Crippen molar-refractivity contribution in [3.05, 3.63) is 34.3 Å². The van der Waals surface area contributed by atoms with Gasteiger partial charge in [-0.3, -0.25) is 0 Å². The number of nitrogens with one attached hydrogen (secondary N) is 1. The van der Waals surface area contributed by atoms with E-state index in [1.165, 1.54) is 30.5 Å². The molecular formula is C12H16ClN. The first-order valence-corrected chi connectivity index (χ1v) is 5.62. The van der Waals surface area contributed by atoms with Gasteiger partial charge in [0.2, 0.25) is 0 Å². The van der Waals surface area contributed by atoms with E-state index in [2.05, 4.69) is 24.4 Å². The van der Waals surface area contributed by atoms with Gasteiger partial charge in [-0.15, -0.1) is 0 Å². The number of piperidine rings is 1. The molecule has 1 aliphatic heterocycles. The van der Waals surface area contributed by atoms with Crippen LogP contribution in [-0.4, -0.2) is 13.1 Å². The summed E-state index contributed by atoms with van der Waals surface area (Å²) in [6.07, 6.45) is 2.59. The summed E-state index contributed by atoms with van der Waals surface area (Å²) in [4.78, 5) is 0. The van der Waals surface area contributed by atoms with Gasteiger partial charge in [0.1, 0.15) is 0 Å². The van der Waals surface area contributed by atoms with Gasteiger partial charge in [0.05, 0.1) is 0 Å². The monoisotopic (exact) mass is 209 g/mol. The van der Waals surface area contributed by atoms with Crippen LogP contribution >= 0.6 is 11.6 Å². The normalized spacial score (nSPS) is 22.3. The summed E-state index contributed by atoms with van der Waals surface area (Å²) in [5, 5.41) is 4.28. The molecule has 0 saturated carbocycles. The third-order valence-corrected chi connectivity index (χ3v) is 3.20. The van der Waals surface area contributed by atoms with Gasteiger partial charge >= 0.3 is 0 Å². The van der Waals surface area contributed by atoms with E-state index in [1.807, 2.05) is 6.07 Å². The Kier molecular flexibility index (Phi) is 3.09. The van der Waals surface area contributed by atoms with Crippen molar-refractivity contribution >= 4 is 11.6 Å². The molecule has 14 heavy (non-hydrogen) atoms. The Bertz CT molecular complexity index is 316. The molecule has 1 saturated heterocycles. The van der Waals surface area contributed by atoms with E-state index >= 15 is 0 Å². The molecule has 0 bridgehead atoms. The zero-order valence-corrected chi connectivity index (χ0v) is 9.27. The van der Waals surface area contributed by atoms with E-state index in [0.29, 0.717) is 5.92 Å². The minimum absolute atomic E-state index is 0.681. The number of hydrogen-bond acceptors (Lipinski definition) is 1. The smallest absolute Gasteiger partial charge is 0.0408 e. The lowest BCUT2D eigenvalue weighted by Gasteiger charge is -2.24. The fourth-order valence-electron chi connectivity index (χ4n) is 2.21. The van der Waals surface area contributed by atoms with Crippen LogP contribution in [0.5, 0.6) is 0 Å². The SMILES string of the molecule is Cc1cc(Cl)ccc1[C@H]1CCCNC1. The van der Waals surface area contributed by atoms with Crippen molar-refractivity contribution in [1.82, 2.24) is 5.32 Å². The molecule has 0 aliphatic carbocycles. The number of aryl methyl sites for hydroxylation is 1. The van der Waals surface area contributed by atoms with Crippen LogP contribution in [0.2, 0.25) is 5.02 Å². The summed E-state index contributed by atoms with van der Waals surface area (Å²) in [5.74, 6) is 0.681. The average Bonchev–Trinajstić information content (AvgIpc) is 2.19. The highest BCUT2D eigenvalue weighted by molar-refractivity contribution is 6.30. The summed E-state index contributed by atoms with van der Waals surface area (Å²) < 4.78 is 0. The Balaban J connectivity index is 2.22. The van der Waals surface area contributed by atoms with Crippen LogP contribution in [0.25, 0.3) is 0 Å². The summed E-state index contributed by atoms with van der Waals surface area (Å²) in [6, 6.07) is 6.24. The number of halogens is 1. The van der Waals surface area contributed by atoms with Crippen LogP contribution in [-0.2, 0) is 0 Å². The van der Waals surface area contributed by atoms with Gasteiger partial charge in [0.15, 0.2) is 0 Å². The molecule has 2 heteroatoms. The summed E-state index contributed by atoms with van der Waals surface area (Å²) in [7, 11) is 0. The average molecular weight is 210 g/mol. The van der Waals surface area contributed by atoms with Crippen LogP contribution < -0.4 is 5.32 Å². The Hall–Kier alpha value is -0.530. The molecular weight excluding hydrogens is 194 g/mol. The van der Waals surface area contributed by atoms with Crippen molar-refractivity contribution in [3.63, 3.8) is 0 Å². The van der Waals surface area contributed by atoms with Crippen molar-refractivity contribution in [1.29, 1.82) is 0 Å². The van der Waals surface area contributed by atoms with Gasteiger partial charge in [0.25, 0.3) is 0 Å². The highest BCUT2D eigenvalue weighted by Gasteiger charge is 2.16. The van der Waals surface area contributed by atoms with Gasteiger partial charge in [0, 0.05) is 11.6 Å². The molecule has 0 spiro atoms. The first-order valence-electron chi connectivity index (χ1n) is 5.24. The lowest BCUT2D eigenvalue weighted by atomic mass is 9.89. The lowest BCUT2D eigenvalue weighted by Crippen LogP contribution is -2.28. The molecule has 0 unspecified atom stereocenters. The predicted molar refractivity (Wildman–Crippen MR) is 61.0 cm³/mol. The standard InChI is InChI=1S/C12H16ClN/c1-9-7-11(13)4-5-12(9)10-3-2-6-14-8-10/h4-5,7,10,14H,2-3,6,8H2,1H3/t10-/m0/s1. The molecule has 1 aliphatic rings. The van der Waals surface area contributed by atoms with Crippen LogP contribution in [0, 0.1) is 6.92 Å². The fraction of sp³-hybridized carbons (Fsp3) is 0.500. The van der Waals surface area contributed by atoms with E-state index in [-0.39, 0.29) is 0 Å². The second kappa shape index (κ2) is 4.33. The lowest BCUT2D eigenvalue weighted by molar-refractivity contribution is 0.460. The maximum Gasteiger partial charge on any atom is 0.0408 e. The predicted octanol–water partition coefficient (Wildman–Crippen LogP) is 3.12. The molecule has 1 aromatic carbocycles. The number of benzene rings is 1. The fourth-order valence-corrected chi connectivity index (χ4v) is 2.44. The highest BCUT2D eigenvalue weighted by Crippen LogP contribution is 2.27. The third-order valence-electron chi connectivity index (χ3n) is 2.97. The highest BCUT2D eigenvalue weighted by atomic mass is 35.5. The zero-order chi connectivity index (χ0) is 9.97. The summed E-state index contributed by atoms with van der Waals surface area (Å²) in [6.45, 7) is 4.43. The maximum atomic E-state index is 5.94. The van der Waals surface area contributed by atoms with Crippen molar-refractivity contribution < 1.29 is 0 Å². The van der Waals surface area contributed by atoms with Crippen molar-refractivity contribution in [2.24, 2.45) is 0 Å². The van der Waals surface area contributed by atoms with E-state index in [9.17, 15) is 0 Å². The molecule has 0 aromatic heterocycles. The molecule has 2 rings (SSSR count). The van der Waals surface area contributed by atoms with Crippen LogP contribution in [0.3, 0.4) is 0 Å². The summed E-state index contributed by atoms with van der Waals surface area (Å²) >= 11 is 5.94. The Labute approximate surface area is 90.5 Å². The zero-order valence-electron chi connectivity index (χ0n) is 8.52. The Morgan fingerprint density at radius 2 is 2.29 bits per heavy atom. The van der Waals surface area contributed by atoms with Gasteiger partial charge < -0.3 is 5.32 Å². The molecule has 0 amide bonds. The largest absolute Gasteiger partial charge is 0.316 e. The van der Waals surface area contributed by atoms with E-state index < -0.39 is 0 Å². The maximum absolute atomic E-state index is 5.94. The molecule has 1 atom stereocenters. The first kappa shape index (κ1) is 10.0. The molecule has 1 aromatic rings. The first-order chi connectivity index (χ1) is 6.77. The number of rotatable bonds is 1. The van der Waals surface area contributed by atoms with Crippen LogP contribution in [0.4, 0.5) is 0 Å². The summed E-state index contributed by atoms with van der Waals surface area (Å²) in [5.41, 5.74) is 2.78. The Morgan fingerprint density at radius 1 is 1.43 bits per heavy atom. The van der Waals surface area contributed by atoms with E-state index in [4.69, 9.17) is 11.6 Å². The van der Waals surface area contributed by atoms with Gasteiger partial charge in [-0.25, -0.2) is 0 Å². The molecule has 0 radical (unpaired) electrons. The van der Waals surface area contributed by atoms with Crippen molar-refractivity contribution in [2.75, 3.05) is 13.1 Å². The molecule has 1 nitrogen and oxygen atoms in total. The van der Waals surface area contributed by atoms with Crippen molar-refractivity contribution in [3.8, 4) is 0 Å². The quantitative estimate of drug-likeness (QED) is 0.750. The van der Waals surface area contributed by atoms with E-state index in [0.717, 1.165) is 11.6 Å². The number of hydrogen-bond donors (Lipinski definition) is 1. The van der Waals surface area contributed by atoms with Gasteiger partial charge in [-0.2, -0.15) is 0 Å². The van der Waals surface area contributed by atoms with Gasteiger partial charge in [-0.1, -0.05) is 17.7 Å².